The standard InChI is InChI=1S/C11H12O3.C8H8O3/c1-3-8-14-10-6-4-9(5-7-10)11(12)13-2;1-11-8(10)6-2-4-7(9)5-3-6/h3-7H,1,8H2,2H3;2-5,9H,1H3. The van der Waals surface area contributed by atoms with Gasteiger partial charge in [0.15, 0.2) is 0 Å². The van der Waals surface area contributed by atoms with E-state index in [0.717, 1.165) is 0 Å². The molecule has 0 aliphatic carbocycles. The first-order valence-electron chi connectivity index (χ1n) is 7.31. The van der Waals surface area contributed by atoms with Crippen LogP contribution in [0.1, 0.15) is 20.7 Å². The molecule has 6 nitrogen and oxygen atoms in total. The molecule has 0 bridgehead atoms. The number of aromatic hydroxyl groups is 1. The molecule has 0 aromatic heterocycles. The second-order valence-electron chi connectivity index (χ2n) is 4.65. The molecule has 2 rings (SSSR count). The van der Waals surface area contributed by atoms with Crippen molar-refractivity contribution in [3.63, 3.8) is 0 Å². The lowest BCUT2D eigenvalue weighted by molar-refractivity contribution is 0.0592. The molecular formula is C19H20O6. The number of phenolic OH excluding ortho intramolecular Hbond substituents is 1. The van der Waals surface area contributed by atoms with Gasteiger partial charge in [0.25, 0.3) is 0 Å². The molecular weight excluding hydrogens is 324 g/mol. The number of hydrogen-bond acceptors (Lipinski definition) is 6. The Labute approximate surface area is 146 Å². The topological polar surface area (TPSA) is 82.1 Å². The third kappa shape index (κ3) is 6.78. The lowest BCUT2D eigenvalue weighted by atomic mass is 10.2. The number of ether oxygens (including phenoxy) is 3. The predicted molar refractivity (Wildman–Crippen MR) is 92.9 cm³/mol. The maximum atomic E-state index is 11.1. The van der Waals surface area contributed by atoms with E-state index in [9.17, 15) is 9.59 Å². The summed E-state index contributed by atoms with van der Waals surface area (Å²) in [4.78, 5) is 21.9. The summed E-state index contributed by atoms with van der Waals surface area (Å²) >= 11 is 0. The fourth-order valence-corrected chi connectivity index (χ4v) is 1.68. The van der Waals surface area contributed by atoms with Crippen molar-refractivity contribution in [2.75, 3.05) is 20.8 Å². The smallest absolute Gasteiger partial charge is 0.337 e. The first kappa shape index (κ1) is 19.8. The van der Waals surface area contributed by atoms with Crippen molar-refractivity contribution in [1.82, 2.24) is 0 Å². The summed E-state index contributed by atoms with van der Waals surface area (Å²) in [5, 5.41) is 8.86. The van der Waals surface area contributed by atoms with Gasteiger partial charge in [0.05, 0.1) is 25.3 Å². The van der Waals surface area contributed by atoms with Gasteiger partial charge in [-0.25, -0.2) is 9.59 Å². The molecule has 0 unspecified atom stereocenters. The minimum Gasteiger partial charge on any atom is -0.508 e. The number of phenols is 1. The summed E-state index contributed by atoms with van der Waals surface area (Å²) in [6, 6.07) is 12.6. The highest BCUT2D eigenvalue weighted by Crippen LogP contribution is 2.12. The van der Waals surface area contributed by atoms with Crippen LogP contribution in [0.4, 0.5) is 0 Å². The molecule has 0 saturated heterocycles. The number of hydrogen-bond donors (Lipinski definition) is 1. The minimum absolute atomic E-state index is 0.137. The number of benzene rings is 2. The van der Waals surface area contributed by atoms with E-state index < -0.39 is 5.97 Å². The van der Waals surface area contributed by atoms with Crippen LogP contribution in [0.5, 0.6) is 11.5 Å². The van der Waals surface area contributed by atoms with E-state index in [-0.39, 0.29) is 11.7 Å². The van der Waals surface area contributed by atoms with Gasteiger partial charge in [0.1, 0.15) is 18.1 Å². The lowest BCUT2D eigenvalue weighted by Gasteiger charge is -2.03. The molecule has 0 spiro atoms. The molecule has 132 valence electrons. The summed E-state index contributed by atoms with van der Waals surface area (Å²) in [7, 11) is 2.67. The van der Waals surface area contributed by atoms with Crippen molar-refractivity contribution in [1.29, 1.82) is 0 Å². The van der Waals surface area contributed by atoms with Crippen molar-refractivity contribution in [3.05, 3.63) is 72.3 Å². The van der Waals surface area contributed by atoms with Crippen LogP contribution in [0.25, 0.3) is 0 Å². The minimum atomic E-state index is -0.398. The molecule has 0 aliphatic rings. The molecule has 2 aromatic rings. The number of esters is 2. The Balaban J connectivity index is 0.000000257. The van der Waals surface area contributed by atoms with Crippen molar-refractivity contribution in [2.45, 2.75) is 0 Å². The molecule has 0 radical (unpaired) electrons. The van der Waals surface area contributed by atoms with E-state index in [2.05, 4.69) is 16.1 Å². The molecule has 2 aromatic carbocycles. The monoisotopic (exact) mass is 344 g/mol. The van der Waals surface area contributed by atoms with Crippen LogP contribution in [0.2, 0.25) is 0 Å². The van der Waals surface area contributed by atoms with Gasteiger partial charge < -0.3 is 19.3 Å². The third-order valence-electron chi connectivity index (χ3n) is 2.93. The fraction of sp³-hybridized carbons (Fsp3) is 0.158. The Hall–Kier alpha value is -3.28. The highest BCUT2D eigenvalue weighted by molar-refractivity contribution is 5.89. The zero-order valence-corrected chi connectivity index (χ0v) is 14.1. The Bertz CT molecular complexity index is 689. The first-order valence-corrected chi connectivity index (χ1v) is 7.31. The van der Waals surface area contributed by atoms with Crippen LogP contribution in [-0.4, -0.2) is 37.9 Å². The van der Waals surface area contributed by atoms with E-state index in [1.807, 2.05) is 0 Å². The maximum absolute atomic E-state index is 11.1. The average Bonchev–Trinajstić information content (AvgIpc) is 2.66. The Morgan fingerprint density at radius 3 is 1.76 bits per heavy atom. The van der Waals surface area contributed by atoms with Crippen molar-refractivity contribution in [2.24, 2.45) is 0 Å². The van der Waals surface area contributed by atoms with Crippen LogP contribution in [0.15, 0.2) is 61.2 Å². The lowest BCUT2D eigenvalue weighted by Crippen LogP contribution is -2.01. The summed E-state index contributed by atoms with van der Waals surface area (Å²) < 4.78 is 14.3. The van der Waals surface area contributed by atoms with Gasteiger partial charge in [-0.15, -0.1) is 0 Å². The highest BCUT2D eigenvalue weighted by Gasteiger charge is 2.04. The molecule has 0 amide bonds. The zero-order valence-electron chi connectivity index (χ0n) is 14.1. The Morgan fingerprint density at radius 2 is 1.36 bits per heavy atom. The third-order valence-corrected chi connectivity index (χ3v) is 2.93. The van der Waals surface area contributed by atoms with Gasteiger partial charge in [-0.05, 0) is 48.5 Å². The average molecular weight is 344 g/mol. The Morgan fingerprint density at radius 1 is 0.920 bits per heavy atom. The molecule has 1 N–H and O–H groups in total. The zero-order chi connectivity index (χ0) is 18.7. The number of carbonyl (C=O) groups is 2. The maximum Gasteiger partial charge on any atom is 0.337 e. The SMILES string of the molecule is C=CCOc1ccc(C(=O)OC)cc1.COC(=O)c1ccc(O)cc1. The van der Waals surface area contributed by atoms with Gasteiger partial charge in [0, 0.05) is 0 Å². The van der Waals surface area contributed by atoms with Crippen LogP contribution in [0.3, 0.4) is 0 Å². The van der Waals surface area contributed by atoms with Gasteiger partial charge in [-0.2, -0.15) is 0 Å². The summed E-state index contributed by atoms with van der Waals surface area (Å²) in [5.41, 5.74) is 0.948. The molecule has 0 saturated carbocycles. The first-order chi connectivity index (χ1) is 12.0. The summed E-state index contributed by atoms with van der Waals surface area (Å²) in [6.45, 7) is 3.99. The summed E-state index contributed by atoms with van der Waals surface area (Å²) in [5.74, 6) is 0.0977. The number of rotatable bonds is 5. The van der Waals surface area contributed by atoms with Gasteiger partial charge in [-0.3, -0.25) is 0 Å². The molecule has 6 heteroatoms. The molecule has 0 aliphatic heterocycles. The second-order valence-corrected chi connectivity index (χ2v) is 4.65. The van der Waals surface area contributed by atoms with Crippen molar-refractivity contribution < 1.29 is 28.9 Å². The number of carbonyl (C=O) groups excluding carboxylic acids is 2. The van der Waals surface area contributed by atoms with E-state index in [4.69, 9.17) is 9.84 Å². The van der Waals surface area contributed by atoms with E-state index >= 15 is 0 Å². The Kier molecular flexibility index (Phi) is 8.29. The predicted octanol–water partition coefficient (Wildman–Crippen LogP) is 3.22. The quantitative estimate of drug-likeness (QED) is 0.662. The van der Waals surface area contributed by atoms with Gasteiger partial charge in [-0.1, -0.05) is 12.7 Å². The van der Waals surface area contributed by atoms with E-state index in [0.29, 0.717) is 23.5 Å². The molecule has 25 heavy (non-hydrogen) atoms. The van der Waals surface area contributed by atoms with Crippen molar-refractivity contribution in [3.8, 4) is 11.5 Å². The van der Waals surface area contributed by atoms with E-state index in [1.54, 1.807) is 30.3 Å². The van der Waals surface area contributed by atoms with E-state index in [1.165, 1.54) is 38.5 Å². The van der Waals surface area contributed by atoms with Gasteiger partial charge >= 0.3 is 11.9 Å². The second kappa shape index (κ2) is 10.5. The molecule has 0 atom stereocenters. The molecule has 0 fully saturated rings. The largest absolute Gasteiger partial charge is 0.508 e. The van der Waals surface area contributed by atoms with Crippen LogP contribution in [-0.2, 0) is 9.47 Å². The van der Waals surface area contributed by atoms with Gasteiger partial charge in [0.2, 0.25) is 0 Å². The normalized spacial score (nSPS) is 9.20. The van der Waals surface area contributed by atoms with Crippen LogP contribution < -0.4 is 4.74 Å². The van der Waals surface area contributed by atoms with Crippen LogP contribution >= 0.6 is 0 Å². The number of methoxy groups -OCH3 is 2. The molecule has 0 heterocycles. The van der Waals surface area contributed by atoms with Crippen molar-refractivity contribution >= 4 is 11.9 Å². The van der Waals surface area contributed by atoms with Crippen LogP contribution in [0, 0.1) is 0 Å². The summed E-state index contributed by atoms with van der Waals surface area (Å²) in [6.07, 6.45) is 1.66. The fourth-order valence-electron chi connectivity index (χ4n) is 1.68. The highest BCUT2D eigenvalue weighted by atomic mass is 16.5.